The first-order valence-electron chi connectivity index (χ1n) is 4.05. The zero-order valence-electron chi connectivity index (χ0n) is 7.80. The van der Waals surface area contributed by atoms with Crippen molar-refractivity contribution < 1.29 is 18.7 Å². The molecular formula is C9H8ClF2NO2. The number of nitrogens with zero attached hydrogens (tertiary/aromatic N) is 1. The van der Waals surface area contributed by atoms with Gasteiger partial charge in [-0.1, -0.05) is 0 Å². The Kier molecular flexibility index (Phi) is 3.57. The van der Waals surface area contributed by atoms with Gasteiger partial charge in [0.1, 0.15) is 0 Å². The van der Waals surface area contributed by atoms with Gasteiger partial charge in [-0.15, -0.1) is 11.6 Å². The molecule has 0 spiro atoms. The summed E-state index contributed by atoms with van der Waals surface area (Å²) in [7, 11) is 0. The number of carboxylic acid groups (broad SMARTS) is 1. The fourth-order valence-electron chi connectivity index (χ4n) is 1.14. The van der Waals surface area contributed by atoms with Crippen LogP contribution in [0.4, 0.5) is 8.78 Å². The minimum absolute atomic E-state index is 0.0262. The van der Waals surface area contributed by atoms with Gasteiger partial charge in [-0.25, -0.2) is 18.6 Å². The number of hydrogen-bond donors (Lipinski definition) is 1. The second-order valence-corrected chi connectivity index (χ2v) is 3.18. The molecule has 3 nitrogen and oxygen atoms in total. The monoisotopic (exact) mass is 235 g/mol. The minimum Gasteiger partial charge on any atom is -0.476 e. The van der Waals surface area contributed by atoms with E-state index < -0.39 is 23.7 Å². The van der Waals surface area contributed by atoms with Crippen LogP contribution in [-0.2, 0) is 5.88 Å². The molecule has 0 atom stereocenters. The molecule has 1 N–H and O–H groups in total. The summed E-state index contributed by atoms with van der Waals surface area (Å²) in [5.74, 6) is -1.44. The molecule has 0 saturated heterocycles. The molecule has 0 fully saturated rings. The van der Waals surface area contributed by atoms with Crippen molar-refractivity contribution in [3.63, 3.8) is 0 Å². The Morgan fingerprint density at radius 1 is 1.67 bits per heavy atom. The summed E-state index contributed by atoms with van der Waals surface area (Å²) in [6.07, 6.45) is -2.87. The van der Waals surface area contributed by atoms with Crippen molar-refractivity contribution in [2.24, 2.45) is 0 Å². The van der Waals surface area contributed by atoms with Crippen molar-refractivity contribution in [2.45, 2.75) is 19.2 Å². The standard InChI is InChI=1S/C9H8ClF2NO2/c1-4-5(3-10)2-6(8(11)12)7(13-4)9(14)15/h2,8H,3H2,1H3,(H,14,15). The molecule has 0 aromatic carbocycles. The molecule has 0 bridgehead atoms. The van der Waals surface area contributed by atoms with Crippen LogP contribution in [0.1, 0.15) is 33.7 Å². The SMILES string of the molecule is Cc1nc(C(=O)O)c(C(F)F)cc1CCl. The first-order valence-corrected chi connectivity index (χ1v) is 4.58. The Hall–Kier alpha value is -1.23. The number of carboxylic acids is 1. The third-order valence-electron chi connectivity index (χ3n) is 1.93. The average Bonchev–Trinajstić information content (AvgIpc) is 2.16. The van der Waals surface area contributed by atoms with Crippen LogP contribution >= 0.6 is 11.6 Å². The molecule has 0 radical (unpaired) electrons. The maximum atomic E-state index is 12.5. The van der Waals surface area contributed by atoms with Crippen molar-refractivity contribution in [3.05, 3.63) is 28.6 Å². The van der Waals surface area contributed by atoms with Crippen LogP contribution < -0.4 is 0 Å². The van der Waals surface area contributed by atoms with E-state index in [-0.39, 0.29) is 5.88 Å². The van der Waals surface area contributed by atoms with Crippen LogP contribution in [0, 0.1) is 6.92 Å². The highest BCUT2D eigenvalue weighted by atomic mass is 35.5. The van der Waals surface area contributed by atoms with E-state index in [0.29, 0.717) is 11.3 Å². The Labute approximate surface area is 89.7 Å². The van der Waals surface area contributed by atoms with Gasteiger partial charge >= 0.3 is 5.97 Å². The van der Waals surface area contributed by atoms with Crippen molar-refractivity contribution >= 4 is 17.6 Å². The number of aromatic carboxylic acids is 1. The summed E-state index contributed by atoms with van der Waals surface area (Å²) in [4.78, 5) is 14.2. The second kappa shape index (κ2) is 4.53. The highest BCUT2D eigenvalue weighted by Crippen LogP contribution is 2.24. The molecular weight excluding hydrogens is 228 g/mol. The van der Waals surface area contributed by atoms with Gasteiger partial charge < -0.3 is 5.11 Å². The number of carbonyl (C=O) groups is 1. The third-order valence-corrected chi connectivity index (χ3v) is 2.22. The van der Waals surface area contributed by atoms with Crippen LogP contribution in [0.3, 0.4) is 0 Å². The molecule has 0 aliphatic heterocycles. The predicted molar refractivity (Wildman–Crippen MR) is 50.4 cm³/mol. The van der Waals surface area contributed by atoms with Crippen molar-refractivity contribution in [1.29, 1.82) is 0 Å². The molecule has 1 aromatic rings. The average molecular weight is 236 g/mol. The molecule has 1 heterocycles. The van der Waals surface area contributed by atoms with E-state index in [4.69, 9.17) is 16.7 Å². The molecule has 0 aliphatic carbocycles. The highest BCUT2D eigenvalue weighted by molar-refractivity contribution is 6.17. The Bertz CT molecular complexity index is 396. The number of hydrogen-bond acceptors (Lipinski definition) is 2. The summed E-state index contributed by atoms with van der Waals surface area (Å²) in [5, 5.41) is 8.67. The van der Waals surface area contributed by atoms with Crippen molar-refractivity contribution in [3.8, 4) is 0 Å². The summed E-state index contributed by atoms with van der Waals surface area (Å²) in [5.41, 5.74) is -0.441. The lowest BCUT2D eigenvalue weighted by atomic mass is 10.1. The molecule has 1 rings (SSSR count). The maximum absolute atomic E-state index is 12.5. The lowest BCUT2D eigenvalue weighted by Crippen LogP contribution is -2.09. The number of aromatic nitrogens is 1. The summed E-state index contributed by atoms with van der Waals surface area (Å²) >= 11 is 5.51. The molecule has 0 aliphatic rings. The lowest BCUT2D eigenvalue weighted by Gasteiger charge is -2.08. The first kappa shape index (κ1) is 11.8. The van der Waals surface area contributed by atoms with E-state index in [1.54, 1.807) is 0 Å². The molecule has 1 aromatic heterocycles. The van der Waals surface area contributed by atoms with Gasteiger partial charge in [0.25, 0.3) is 6.43 Å². The fourth-order valence-corrected chi connectivity index (χ4v) is 1.41. The van der Waals surface area contributed by atoms with Gasteiger partial charge in [-0.2, -0.15) is 0 Å². The molecule has 0 amide bonds. The van der Waals surface area contributed by atoms with Crippen molar-refractivity contribution in [2.75, 3.05) is 0 Å². The lowest BCUT2D eigenvalue weighted by molar-refractivity contribution is 0.0676. The van der Waals surface area contributed by atoms with Crippen LogP contribution in [0.5, 0.6) is 0 Å². The zero-order chi connectivity index (χ0) is 11.6. The zero-order valence-corrected chi connectivity index (χ0v) is 8.55. The number of pyridine rings is 1. The highest BCUT2D eigenvalue weighted by Gasteiger charge is 2.21. The fraction of sp³-hybridized carbons (Fsp3) is 0.333. The minimum atomic E-state index is -2.87. The summed E-state index contributed by atoms with van der Waals surface area (Å²) in [6.45, 7) is 1.53. The molecule has 0 saturated carbocycles. The first-order chi connectivity index (χ1) is 6.97. The maximum Gasteiger partial charge on any atom is 0.355 e. The van der Waals surface area contributed by atoms with Gasteiger partial charge in [0.2, 0.25) is 0 Å². The smallest absolute Gasteiger partial charge is 0.355 e. The largest absolute Gasteiger partial charge is 0.476 e. The normalized spacial score (nSPS) is 10.7. The second-order valence-electron chi connectivity index (χ2n) is 2.91. The van der Waals surface area contributed by atoms with E-state index in [2.05, 4.69) is 4.98 Å². The molecule has 0 unspecified atom stereocenters. The number of alkyl halides is 3. The van der Waals surface area contributed by atoms with E-state index >= 15 is 0 Å². The Morgan fingerprint density at radius 2 is 2.27 bits per heavy atom. The summed E-state index contributed by atoms with van der Waals surface area (Å²) in [6, 6.07) is 1.09. The van der Waals surface area contributed by atoms with E-state index in [1.807, 2.05) is 0 Å². The Balaban J connectivity index is 3.38. The van der Waals surface area contributed by atoms with Crippen LogP contribution in [0.15, 0.2) is 6.07 Å². The van der Waals surface area contributed by atoms with Crippen LogP contribution in [0.25, 0.3) is 0 Å². The van der Waals surface area contributed by atoms with Gasteiger partial charge in [-0.05, 0) is 18.6 Å². The molecule has 15 heavy (non-hydrogen) atoms. The van der Waals surface area contributed by atoms with E-state index in [9.17, 15) is 13.6 Å². The van der Waals surface area contributed by atoms with Gasteiger partial charge in [-0.3, -0.25) is 0 Å². The number of aryl methyl sites for hydroxylation is 1. The third kappa shape index (κ3) is 2.41. The predicted octanol–water partition coefficient (Wildman–Crippen LogP) is 2.76. The van der Waals surface area contributed by atoms with Crippen LogP contribution in [-0.4, -0.2) is 16.1 Å². The number of rotatable bonds is 3. The van der Waals surface area contributed by atoms with Crippen LogP contribution in [0.2, 0.25) is 0 Å². The van der Waals surface area contributed by atoms with E-state index in [1.165, 1.54) is 6.92 Å². The molecule has 82 valence electrons. The Morgan fingerprint density at radius 3 is 2.67 bits per heavy atom. The number of halogens is 3. The molecule has 6 heteroatoms. The van der Waals surface area contributed by atoms with Gasteiger partial charge in [0.05, 0.1) is 5.56 Å². The van der Waals surface area contributed by atoms with E-state index in [0.717, 1.165) is 6.07 Å². The van der Waals surface area contributed by atoms with Gasteiger partial charge in [0, 0.05) is 11.6 Å². The quantitative estimate of drug-likeness (QED) is 0.820. The topological polar surface area (TPSA) is 50.2 Å². The van der Waals surface area contributed by atoms with Crippen molar-refractivity contribution in [1.82, 2.24) is 4.98 Å². The van der Waals surface area contributed by atoms with Gasteiger partial charge in [0.15, 0.2) is 5.69 Å². The summed E-state index contributed by atoms with van der Waals surface area (Å²) < 4.78 is 25.0.